The minimum atomic E-state index is 0.276. The zero-order valence-electron chi connectivity index (χ0n) is 14.8. The van der Waals surface area contributed by atoms with E-state index in [2.05, 4.69) is 60.7 Å². The van der Waals surface area contributed by atoms with E-state index in [0.29, 0.717) is 6.61 Å². The number of rotatable bonds is 7. The van der Waals surface area contributed by atoms with Crippen LogP contribution in [0.25, 0.3) is 5.57 Å². The monoisotopic (exact) mass is 409 g/mol. The molecule has 0 atom stereocenters. The van der Waals surface area contributed by atoms with Gasteiger partial charge >= 0.3 is 0 Å². The fourth-order valence-electron chi connectivity index (χ4n) is 3.12. The first-order valence-electron chi connectivity index (χ1n) is 8.76. The van der Waals surface area contributed by atoms with Crippen LogP contribution in [0.3, 0.4) is 0 Å². The molecule has 3 heteroatoms. The number of ether oxygens (including phenoxy) is 1. The number of allylic oxidation sites excluding steroid dienone is 1. The quantitative estimate of drug-likeness (QED) is 0.586. The third-order valence-electron chi connectivity index (χ3n) is 4.31. The number of benzene rings is 2. The Morgan fingerprint density at radius 2 is 1.50 bits per heavy atom. The lowest BCUT2D eigenvalue weighted by Crippen LogP contribution is -2.03. The molecule has 0 amide bonds. The zero-order chi connectivity index (χ0) is 18.4. The Morgan fingerprint density at radius 3 is 2.04 bits per heavy atom. The Hall–Kier alpha value is -1.74. The van der Waals surface area contributed by atoms with Crippen molar-refractivity contribution in [3.8, 4) is 11.5 Å². The largest absolute Gasteiger partial charge is 0.508 e. The minimum absolute atomic E-state index is 0.276. The zero-order valence-corrected chi connectivity index (χ0v) is 16.4. The second kappa shape index (κ2) is 9.27. The molecule has 0 bridgehead atoms. The van der Waals surface area contributed by atoms with E-state index in [0.717, 1.165) is 28.6 Å². The lowest BCUT2D eigenvalue weighted by atomic mass is 9.84. The predicted octanol–water partition coefficient (Wildman–Crippen LogP) is 5.78. The molecule has 1 N–H and O–H groups in total. The van der Waals surface area contributed by atoms with Gasteiger partial charge in [-0.15, -0.1) is 0 Å². The van der Waals surface area contributed by atoms with Gasteiger partial charge in [0.05, 0.1) is 6.61 Å². The average molecular weight is 410 g/mol. The first-order chi connectivity index (χ1) is 12.7. The second-order valence-electron chi connectivity index (χ2n) is 5.99. The van der Waals surface area contributed by atoms with Gasteiger partial charge in [-0.05, 0) is 73.1 Å². The highest BCUT2D eigenvalue weighted by atomic mass is 79.9. The standard InChI is InChI=1S/C23H22BrO2/c1-2-22(17-5-3-4-6-17)23(18-7-11-20(25)12-8-18)19-9-13-21(14-10-19)26-16-15-24/h3-14,25H,2,15-16H2,1H3/b23-22+. The molecule has 1 aliphatic carbocycles. The molecule has 5 radical (unpaired) electrons. The SMILES string of the molecule is CC/C([C]1[CH][CH][CH][CH]1)=C(/c1ccc(O)cc1)c1ccc(OCCBr)cc1. The average Bonchev–Trinajstić information content (AvgIpc) is 3.20. The van der Waals surface area contributed by atoms with E-state index >= 15 is 0 Å². The molecule has 3 rings (SSSR count). The summed E-state index contributed by atoms with van der Waals surface area (Å²) in [7, 11) is 0. The number of hydrogen-bond acceptors (Lipinski definition) is 2. The Kier molecular flexibility index (Phi) is 6.79. The summed E-state index contributed by atoms with van der Waals surface area (Å²) in [4.78, 5) is 0. The van der Waals surface area contributed by atoms with Crippen molar-refractivity contribution < 1.29 is 9.84 Å². The summed E-state index contributed by atoms with van der Waals surface area (Å²) in [5.74, 6) is 2.37. The van der Waals surface area contributed by atoms with Gasteiger partial charge in [-0.3, -0.25) is 0 Å². The molecule has 0 aromatic heterocycles. The Labute approximate surface area is 165 Å². The highest BCUT2D eigenvalue weighted by Crippen LogP contribution is 2.40. The molecule has 2 aromatic carbocycles. The molecular weight excluding hydrogens is 388 g/mol. The first kappa shape index (κ1) is 19.0. The molecule has 0 spiro atoms. The highest BCUT2D eigenvalue weighted by molar-refractivity contribution is 9.09. The highest BCUT2D eigenvalue weighted by Gasteiger charge is 2.24. The molecule has 1 fully saturated rings. The van der Waals surface area contributed by atoms with E-state index in [1.54, 1.807) is 12.1 Å². The molecular formula is C23H22BrO2. The fraction of sp³-hybridized carbons (Fsp3) is 0.174. The maximum atomic E-state index is 9.67. The van der Waals surface area contributed by atoms with Crippen LogP contribution in [-0.2, 0) is 0 Å². The van der Waals surface area contributed by atoms with Crippen LogP contribution in [0.15, 0.2) is 54.1 Å². The summed E-state index contributed by atoms with van der Waals surface area (Å²) in [5, 5.41) is 10.5. The van der Waals surface area contributed by atoms with Gasteiger partial charge < -0.3 is 9.84 Å². The van der Waals surface area contributed by atoms with Gasteiger partial charge in [-0.25, -0.2) is 0 Å². The van der Waals surface area contributed by atoms with Gasteiger partial charge in [-0.2, -0.15) is 0 Å². The molecule has 0 aliphatic heterocycles. The van der Waals surface area contributed by atoms with Crippen molar-refractivity contribution >= 4 is 21.5 Å². The molecule has 133 valence electrons. The minimum Gasteiger partial charge on any atom is -0.508 e. The van der Waals surface area contributed by atoms with Crippen molar-refractivity contribution in [3.63, 3.8) is 0 Å². The van der Waals surface area contributed by atoms with Crippen molar-refractivity contribution in [2.75, 3.05) is 11.9 Å². The summed E-state index contributed by atoms with van der Waals surface area (Å²) in [6.45, 7) is 2.82. The molecule has 2 nitrogen and oxygen atoms in total. The van der Waals surface area contributed by atoms with E-state index in [9.17, 15) is 5.11 Å². The van der Waals surface area contributed by atoms with Crippen LogP contribution in [-0.4, -0.2) is 17.0 Å². The van der Waals surface area contributed by atoms with Gasteiger partial charge in [0.25, 0.3) is 0 Å². The first-order valence-corrected chi connectivity index (χ1v) is 9.89. The van der Waals surface area contributed by atoms with Crippen LogP contribution in [0, 0.1) is 31.6 Å². The Bertz CT molecular complexity index is 726. The van der Waals surface area contributed by atoms with Crippen molar-refractivity contribution in [2.24, 2.45) is 0 Å². The van der Waals surface area contributed by atoms with Crippen molar-refractivity contribution in [3.05, 3.63) is 96.8 Å². The van der Waals surface area contributed by atoms with Crippen LogP contribution in [0.5, 0.6) is 11.5 Å². The second-order valence-corrected chi connectivity index (χ2v) is 6.78. The molecule has 0 saturated heterocycles. The molecule has 2 aromatic rings. The van der Waals surface area contributed by atoms with Crippen LogP contribution in [0.4, 0.5) is 0 Å². The Morgan fingerprint density at radius 1 is 0.923 bits per heavy atom. The maximum absolute atomic E-state index is 9.67. The lowest BCUT2D eigenvalue weighted by molar-refractivity contribution is 0.345. The van der Waals surface area contributed by atoms with E-state index in [-0.39, 0.29) is 5.75 Å². The van der Waals surface area contributed by atoms with Crippen LogP contribution < -0.4 is 4.74 Å². The lowest BCUT2D eigenvalue weighted by Gasteiger charge is -2.20. The van der Waals surface area contributed by atoms with Gasteiger partial charge in [0.1, 0.15) is 11.5 Å². The number of halogens is 1. The number of hydrogen-bond donors (Lipinski definition) is 1. The number of aromatic hydroxyl groups is 1. The van der Waals surface area contributed by atoms with Crippen molar-refractivity contribution in [1.82, 2.24) is 0 Å². The smallest absolute Gasteiger partial charge is 0.119 e. The number of alkyl halides is 1. The number of phenols is 1. The summed E-state index contributed by atoms with van der Waals surface area (Å²) in [6.07, 6.45) is 9.34. The third kappa shape index (κ3) is 4.50. The maximum Gasteiger partial charge on any atom is 0.119 e. The van der Waals surface area contributed by atoms with Crippen LogP contribution in [0.2, 0.25) is 0 Å². The molecule has 26 heavy (non-hydrogen) atoms. The fourth-order valence-corrected chi connectivity index (χ4v) is 3.28. The Balaban J connectivity index is 2.03. The van der Waals surface area contributed by atoms with Crippen molar-refractivity contribution in [1.29, 1.82) is 0 Å². The topological polar surface area (TPSA) is 29.5 Å². The summed E-state index contributed by atoms with van der Waals surface area (Å²) >= 11 is 3.38. The van der Waals surface area contributed by atoms with Crippen molar-refractivity contribution in [2.45, 2.75) is 13.3 Å². The summed E-state index contributed by atoms with van der Waals surface area (Å²) in [5.41, 5.74) is 4.70. The summed E-state index contributed by atoms with van der Waals surface area (Å²) in [6, 6.07) is 15.6. The summed E-state index contributed by atoms with van der Waals surface area (Å²) < 4.78 is 5.67. The van der Waals surface area contributed by atoms with Gasteiger partial charge in [0.2, 0.25) is 0 Å². The van der Waals surface area contributed by atoms with Crippen LogP contribution >= 0.6 is 15.9 Å². The van der Waals surface area contributed by atoms with Gasteiger partial charge in [-0.1, -0.05) is 52.7 Å². The molecule has 0 heterocycles. The number of phenolic OH excluding ortho intramolecular Hbond substituents is 1. The predicted molar refractivity (Wildman–Crippen MR) is 111 cm³/mol. The molecule has 1 aliphatic rings. The van der Waals surface area contributed by atoms with E-state index in [1.807, 2.05) is 24.3 Å². The normalized spacial score (nSPS) is 15.8. The van der Waals surface area contributed by atoms with Gasteiger partial charge in [0, 0.05) is 11.2 Å². The van der Waals surface area contributed by atoms with Crippen LogP contribution in [0.1, 0.15) is 24.5 Å². The van der Waals surface area contributed by atoms with Gasteiger partial charge in [0.15, 0.2) is 0 Å². The van der Waals surface area contributed by atoms with E-state index < -0.39 is 0 Å². The van der Waals surface area contributed by atoms with E-state index in [4.69, 9.17) is 4.74 Å². The molecule has 1 saturated carbocycles. The third-order valence-corrected chi connectivity index (χ3v) is 4.64. The molecule has 0 unspecified atom stereocenters. The van der Waals surface area contributed by atoms with E-state index in [1.165, 1.54) is 17.1 Å².